The van der Waals surface area contributed by atoms with Gasteiger partial charge in [0.2, 0.25) is 0 Å². The van der Waals surface area contributed by atoms with Crippen molar-refractivity contribution in [3.8, 4) is 0 Å². The Kier molecular flexibility index (Phi) is 4.28. The molecule has 0 spiro atoms. The van der Waals surface area contributed by atoms with Crippen LogP contribution in [0.1, 0.15) is 49.4 Å². The van der Waals surface area contributed by atoms with E-state index in [1.807, 2.05) is 0 Å². The molecule has 0 saturated heterocycles. The maximum Gasteiger partial charge on any atom is 0.0545 e. The number of rotatable bonds is 4. The smallest absolute Gasteiger partial charge is 0.0545 e. The van der Waals surface area contributed by atoms with Gasteiger partial charge in [-0.05, 0) is 47.9 Å². The van der Waals surface area contributed by atoms with E-state index >= 15 is 0 Å². The molecule has 0 bridgehead atoms. The molecular formula is C20H25N. The lowest BCUT2D eigenvalue weighted by Gasteiger charge is -2.35. The number of hydrogen-bond acceptors (Lipinski definition) is 1. The van der Waals surface area contributed by atoms with E-state index in [1.54, 1.807) is 0 Å². The summed E-state index contributed by atoms with van der Waals surface area (Å²) >= 11 is 0. The highest BCUT2D eigenvalue weighted by atomic mass is 14.9. The van der Waals surface area contributed by atoms with Gasteiger partial charge in [-0.1, -0.05) is 62.7 Å². The third-order valence-electron chi connectivity index (χ3n) is 4.66. The van der Waals surface area contributed by atoms with E-state index in [4.69, 9.17) is 0 Å². The summed E-state index contributed by atoms with van der Waals surface area (Å²) in [4.78, 5) is 0. The van der Waals surface area contributed by atoms with E-state index < -0.39 is 0 Å². The van der Waals surface area contributed by atoms with Crippen molar-refractivity contribution in [1.82, 2.24) is 0 Å². The summed E-state index contributed by atoms with van der Waals surface area (Å²) < 4.78 is 0. The maximum atomic E-state index is 3.80. The van der Waals surface area contributed by atoms with Gasteiger partial charge in [0.15, 0.2) is 0 Å². The molecular weight excluding hydrogens is 254 g/mol. The molecule has 110 valence electrons. The summed E-state index contributed by atoms with van der Waals surface area (Å²) in [6, 6.07) is 18.3. The molecule has 2 aromatic rings. The van der Waals surface area contributed by atoms with Crippen molar-refractivity contribution >= 4 is 5.69 Å². The van der Waals surface area contributed by atoms with E-state index in [0.717, 1.165) is 6.42 Å². The van der Waals surface area contributed by atoms with Crippen LogP contribution >= 0.6 is 0 Å². The van der Waals surface area contributed by atoms with Gasteiger partial charge < -0.3 is 5.32 Å². The van der Waals surface area contributed by atoms with Crippen molar-refractivity contribution < 1.29 is 0 Å². The first kappa shape index (κ1) is 14.2. The molecule has 1 heterocycles. The molecule has 0 fully saturated rings. The van der Waals surface area contributed by atoms with Crippen molar-refractivity contribution in [3.05, 3.63) is 65.2 Å². The number of fused-ring (bicyclic) bond motifs is 1. The second-order valence-electron chi connectivity index (χ2n) is 6.13. The molecule has 1 nitrogen and oxygen atoms in total. The Morgan fingerprint density at radius 3 is 2.57 bits per heavy atom. The average Bonchev–Trinajstić information content (AvgIpc) is 2.55. The Bertz CT molecular complexity index is 588. The number of hydrogen-bond donors (Lipinski definition) is 1. The molecule has 1 N–H and O–H groups in total. The highest BCUT2D eigenvalue weighted by Crippen LogP contribution is 2.39. The van der Waals surface area contributed by atoms with Crippen LogP contribution in [-0.2, 0) is 12.8 Å². The van der Waals surface area contributed by atoms with Crippen molar-refractivity contribution in [2.24, 2.45) is 5.92 Å². The van der Waals surface area contributed by atoms with Gasteiger partial charge in [0.25, 0.3) is 0 Å². The lowest BCUT2D eigenvalue weighted by Crippen LogP contribution is -2.28. The molecule has 21 heavy (non-hydrogen) atoms. The summed E-state index contributed by atoms with van der Waals surface area (Å²) in [6.07, 6.45) is 4.85. The van der Waals surface area contributed by atoms with Crippen LogP contribution in [0.2, 0.25) is 0 Å². The average molecular weight is 279 g/mol. The molecule has 1 heteroatoms. The second kappa shape index (κ2) is 6.34. The highest BCUT2D eigenvalue weighted by Gasteiger charge is 2.28. The molecule has 1 aliphatic heterocycles. The minimum atomic E-state index is 0.450. The van der Waals surface area contributed by atoms with Gasteiger partial charge in [0.05, 0.1) is 6.04 Å². The summed E-state index contributed by atoms with van der Waals surface area (Å²) in [5, 5.41) is 3.80. The minimum Gasteiger partial charge on any atom is -0.378 e. The number of benzene rings is 2. The Balaban J connectivity index is 1.93. The van der Waals surface area contributed by atoms with Crippen LogP contribution in [0.25, 0.3) is 0 Å². The topological polar surface area (TPSA) is 12.0 Å². The summed E-state index contributed by atoms with van der Waals surface area (Å²) in [5.74, 6) is 0.692. The fourth-order valence-electron chi connectivity index (χ4n) is 3.52. The number of aryl methyl sites for hydroxylation is 1. The largest absolute Gasteiger partial charge is 0.378 e. The second-order valence-corrected chi connectivity index (χ2v) is 6.13. The predicted molar refractivity (Wildman–Crippen MR) is 90.7 cm³/mol. The quantitative estimate of drug-likeness (QED) is 0.793. The van der Waals surface area contributed by atoms with Gasteiger partial charge in [0, 0.05) is 5.69 Å². The van der Waals surface area contributed by atoms with E-state index in [9.17, 15) is 0 Å². The molecule has 0 radical (unpaired) electrons. The van der Waals surface area contributed by atoms with Crippen molar-refractivity contribution in [1.29, 1.82) is 0 Å². The SMILES string of the molecule is CCC[C@@H]1Cc2cc(CC)ccc2N[C@H]1c1ccccc1. The monoisotopic (exact) mass is 279 g/mol. The van der Waals surface area contributed by atoms with Crippen LogP contribution in [0.3, 0.4) is 0 Å². The van der Waals surface area contributed by atoms with Crippen molar-refractivity contribution in [2.45, 2.75) is 45.6 Å². The lowest BCUT2D eigenvalue weighted by atomic mass is 9.80. The van der Waals surface area contributed by atoms with Crippen LogP contribution in [-0.4, -0.2) is 0 Å². The van der Waals surface area contributed by atoms with Crippen LogP contribution in [0.15, 0.2) is 48.5 Å². The molecule has 0 unspecified atom stereocenters. The molecule has 1 aliphatic rings. The molecule has 0 saturated carbocycles. The Hall–Kier alpha value is -1.76. The van der Waals surface area contributed by atoms with Crippen LogP contribution in [0.5, 0.6) is 0 Å². The molecule has 2 atom stereocenters. The fourth-order valence-corrected chi connectivity index (χ4v) is 3.52. The van der Waals surface area contributed by atoms with E-state index in [1.165, 1.54) is 41.6 Å². The number of nitrogens with one attached hydrogen (secondary N) is 1. The normalized spacial score (nSPS) is 20.7. The molecule has 0 aromatic heterocycles. The molecule has 3 rings (SSSR count). The van der Waals surface area contributed by atoms with Gasteiger partial charge in [-0.15, -0.1) is 0 Å². The first-order valence-corrected chi connectivity index (χ1v) is 8.25. The molecule has 0 aliphatic carbocycles. The number of anilines is 1. The predicted octanol–water partition coefficient (Wildman–Crippen LogP) is 5.37. The molecule has 2 aromatic carbocycles. The van der Waals surface area contributed by atoms with E-state index in [-0.39, 0.29) is 0 Å². The first-order chi connectivity index (χ1) is 10.3. The Morgan fingerprint density at radius 2 is 1.86 bits per heavy atom. The highest BCUT2D eigenvalue weighted by molar-refractivity contribution is 5.57. The van der Waals surface area contributed by atoms with Crippen LogP contribution in [0.4, 0.5) is 5.69 Å². The zero-order chi connectivity index (χ0) is 14.7. The summed E-state index contributed by atoms with van der Waals surface area (Å²) in [6.45, 7) is 4.52. The van der Waals surface area contributed by atoms with Gasteiger partial charge in [-0.2, -0.15) is 0 Å². The van der Waals surface area contributed by atoms with Gasteiger partial charge in [0.1, 0.15) is 0 Å². The van der Waals surface area contributed by atoms with Crippen molar-refractivity contribution in [3.63, 3.8) is 0 Å². The zero-order valence-electron chi connectivity index (χ0n) is 13.1. The van der Waals surface area contributed by atoms with E-state index in [0.29, 0.717) is 12.0 Å². The van der Waals surface area contributed by atoms with E-state index in [2.05, 4.69) is 67.7 Å². The van der Waals surface area contributed by atoms with Gasteiger partial charge in [-0.25, -0.2) is 0 Å². The van der Waals surface area contributed by atoms with Crippen LogP contribution in [0, 0.1) is 5.92 Å². The lowest BCUT2D eigenvalue weighted by molar-refractivity contribution is 0.403. The molecule has 0 amide bonds. The third kappa shape index (κ3) is 2.97. The minimum absolute atomic E-state index is 0.450. The van der Waals surface area contributed by atoms with Gasteiger partial charge in [-0.3, -0.25) is 0 Å². The fraction of sp³-hybridized carbons (Fsp3) is 0.400. The standard InChI is InChI=1S/C20H25N/c1-3-8-17-14-18-13-15(4-2)11-12-19(18)21-20(17)16-9-6-5-7-10-16/h5-7,9-13,17,20-21H,3-4,8,14H2,1-2H3/t17-,20+/m1/s1. The van der Waals surface area contributed by atoms with Crippen molar-refractivity contribution in [2.75, 3.05) is 5.32 Å². The van der Waals surface area contributed by atoms with Gasteiger partial charge >= 0.3 is 0 Å². The first-order valence-electron chi connectivity index (χ1n) is 8.25. The third-order valence-corrected chi connectivity index (χ3v) is 4.66. The Morgan fingerprint density at radius 1 is 1.05 bits per heavy atom. The maximum absolute atomic E-state index is 3.80. The zero-order valence-corrected chi connectivity index (χ0v) is 13.1. The van der Waals surface area contributed by atoms with Crippen LogP contribution < -0.4 is 5.32 Å². The Labute approximate surface area is 128 Å². The summed E-state index contributed by atoms with van der Waals surface area (Å²) in [7, 11) is 0. The summed E-state index contributed by atoms with van der Waals surface area (Å²) in [5.41, 5.74) is 5.69.